The first-order valence-electron chi connectivity index (χ1n) is 5.50. The Morgan fingerprint density at radius 3 is 2.50 bits per heavy atom. The molecule has 0 amide bonds. The highest BCUT2D eigenvalue weighted by Crippen LogP contribution is 2.30. The van der Waals surface area contributed by atoms with Crippen LogP contribution in [-0.2, 0) is 0 Å². The second-order valence-corrected chi connectivity index (χ2v) is 6.20. The zero-order valence-corrected chi connectivity index (χ0v) is 12.6. The molecule has 1 unspecified atom stereocenters. The Labute approximate surface area is 120 Å². The van der Waals surface area contributed by atoms with E-state index in [2.05, 4.69) is 22.4 Å². The van der Waals surface area contributed by atoms with Crippen LogP contribution in [0.2, 0.25) is 9.49 Å². The summed E-state index contributed by atoms with van der Waals surface area (Å²) in [6.45, 7) is 5.98. The molecule has 0 aliphatic carbocycles. The van der Waals surface area contributed by atoms with Crippen LogP contribution in [0, 0.1) is 13.8 Å². The zero-order chi connectivity index (χ0) is 13.3. The molecule has 1 N–H and O–H groups in total. The Morgan fingerprint density at radius 1 is 1.17 bits per heavy atom. The van der Waals surface area contributed by atoms with Crippen LogP contribution >= 0.6 is 34.5 Å². The predicted molar refractivity (Wildman–Crippen MR) is 77.9 cm³/mol. The Bertz CT molecular complexity index is 568. The molecule has 1 atom stereocenters. The number of aromatic nitrogens is 2. The Hall–Kier alpha value is -0.840. The van der Waals surface area contributed by atoms with Gasteiger partial charge in [0.1, 0.15) is 0 Å². The second-order valence-electron chi connectivity index (χ2n) is 4.10. The summed E-state index contributed by atoms with van der Waals surface area (Å²) in [7, 11) is 0. The van der Waals surface area contributed by atoms with Crippen molar-refractivity contribution in [2.75, 3.05) is 5.32 Å². The fraction of sp³-hybridized carbons (Fsp3) is 0.333. The summed E-state index contributed by atoms with van der Waals surface area (Å²) < 4.78 is 0.786. The third-order valence-corrected chi connectivity index (χ3v) is 4.61. The Kier molecular flexibility index (Phi) is 4.10. The van der Waals surface area contributed by atoms with Crippen molar-refractivity contribution in [2.45, 2.75) is 26.8 Å². The molecular weight excluding hydrogens is 289 g/mol. The van der Waals surface area contributed by atoms with Crippen LogP contribution < -0.4 is 5.32 Å². The summed E-state index contributed by atoms with van der Waals surface area (Å²) in [6.07, 6.45) is 0. The number of nitrogens with zero attached hydrogens (tertiary/aromatic N) is 2. The molecule has 3 nitrogen and oxygen atoms in total. The van der Waals surface area contributed by atoms with E-state index in [0.29, 0.717) is 5.15 Å². The SMILES string of the molecule is Cc1c(Cl)nnc(NC(C)c2ccc(Cl)s2)c1C. The van der Waals surface area contributed by atoms with Gasteiger partial charge in [0.05, 0.1) is 10.4 Å². The highest BCUT2D eigenvalue weighted by atomic mass is 35.5. The van der Waals surface area contributed by atoms with Crippen molar-refractivity contribution in [3.8, 4) is 0 Å². The summed E-state index contributed by atoms with van der Waals surface area (Å²) in [4.78, 5) is 1.16. The molecule has 0 bridgehead atoms. The first-order chi connectivity index (χ1) is 8.49. The van der Waals surface area contributed by atoms with Crippen LogP contribution in [0.4, 0.5) is 5.82 Å². The lowest BCUT2D eigenvalue weighted by Crippen LogP contribution is -2.09. The molecule has 6 heteroatoms. The van der Waals surface area contributed by atoms with E-state index in [1.807, 2.05) is 26.0 Å². The number of hydrogen-bond acceptors (Lipinski definition) is 4. The Balaban J connectivity index is 2.22. The van der Waals surface area contributed by atoms with E-state index in [4.69, 9.17) is 23.2 Å². The van der Waals surface area contributed by atoms with Crippen LogP contribution in [0.1, 0.15) is 29.0 Å². The molecule has 0 fully saturated rings. The van der Waals surface area contributed by atoms with Crippen LogP contribution in [0.3, 0.4) is 0 Å². The smallest absolute Gasteiger partial charge is 0.155 e. The van der Waals surface area contributed by atoms with Gasteiger partial charge in [0.15, 0.2) is 11.0 Å². The van der Waals surface area contributed by atoms with Gasteiger partial charge in [-0.3, -0.25) is 0 Å². The molecule has 0 spiro atoms. The minimum absolute atomic E-state index is 0.135. The van der Waals surface area contributed by atoms with Crippen molar-refractivity contribution in [2.24, 2.45) is 0 Å². The van der Waals surface area contributed by atoms with Gasteiger partial charge in [-0.05, 0) is 44.0 Å². The molecule has 0 radical (unpaired) electrons. The van der Waals surface area contributed by atoms with E-state index < -0.39 is 0 Å². The molecule has 0 aliphatic heterocycles. The van der Waals surface area contributed by atoms with Gasteiger partial charge in [-0.15, -0.1) is 21.5 Å². The lowest BCUT2D eigenvalue weighted by molar-refractivity contribution is 0.870. The summed E-state index contributed by atoms with van der Waals surface area (Å²) >= 11 is 13.4. The van der Waals surface area contributed by atoms with Crippen molar-refractivity contribution in [3.63, 3.8) is 0 Å². The van der Waals surface area contributed by atoms with Gasteiger partial charge >= 0.3 is 0 Å². The number of halogens is 2. The van der Waals surface area contributed by atoms with Gasteiger partial charge in [0.2, 0.25) is 0 Å². The second kappa shape index (κ2) is 5.43. The van der Waals surface area contributed by atoms with Crippen molar-refractivity contribution >= 4 is 40.4 Å². The van der Waals surface area contributed by atoms with E-state index in [0.717, 1.165) is 26.2 Å². The van der Waals surface area contributed by atoms with E-state index in [1.54, 1.807) is 11.3 Å². The average molecular weight is 302 g/mol. The molecule has 96 valence electrons. The molecule has 18 heavy (non-hydrogen) atoms. The molecule has 0 aliphatic rings. The first-order valence-corrected chi connectivity index (χ1v) is 7.07. The van der Waals surface area contributed by atoms with Gasteiger partial charge in [0.25, 0.3) is 0 Å². The minimum atomic E-state index is 0.135. The first kappa shape index (κ1) is 13.6. The average Bonchev–Trinajstić information content (AvgIpc) is 2.77. The van der Waals surface area contributed by atoms with Gasteiger partial charge in [-0.25, -0.2) is 0 Å². The predicted octanol–water partition coefficient (Wildman–Crippen LogP) is 4.63. The van der Waals surface area contributed by atoms with Gasteiger partial charge < -0.3 is 5.32 Å². The maximum absolute atomic E-state index is 5.93. The molecule has 2 aromatic rings. The lowest BCUT2D eigenvalue weighted by Gasteiger charge is -2.15. The van der Waals surface area contributed by atoms with Crippen LogP contribution in [0.15, 0.2) is 12.1 Å². The fourth-order valence-corrected chi connectivity index (χ4v) is 2.79. The van der Waals surface area contributed by atoms with Gasteiger partial charge in [-0.1, -0.05) is 23.2 Å². The van der Waals surface area contributed by atoms with Crippen molar-refractivity contribution in [1.82, 2.24) is 10.2 Å². The summed E-state index contributed by atoms with van der Waals surface area (Å²) in [6, 6.07) is 4.04. The third kappa shape index (κ3) is 2.76. The zero-order valence-electron chi connectivity index (χ0n) is 10.3. The molecule has 0 saturated carbocycles. The van der Waals surface area contributed by atoms with E-state index >= 15 is 0 Å². The number of anilines is 1. The normalized spacial score (nSPS) is 12.5. The fourth-order valence-electron chi connectivity index (χ4n) is 1.55. The molecule has 2 rings (SSSR count). The van der Waals surface area contributed by atoms with Crippen molar-refractivity contribution in [3.05, 3.63) is 37.6 Å². The number of rotatable bonds is 3. The highest BCUT2D eigenvalue weighted by Gasteiger charge is 2.13. The monoisotopic (exact) mass is 301 g/mol. The van der Waals surface area contributed by atoms with Crippen LogP contribution in [-0.4, -0.2) is 10.2 Å². The Morgan fingerprint density at radius 2 is 1.89 bits per heavy atom. The molecule has 0 saturated heterocycles. The van der Waals surface area contributed by atoms with Gasteiger partial charge in [0, 0.05) is 4.88 Å². The lowest BCUT2D eigenvalue weighted by atomic mass is 10.2. The quantitative estimate of drug-likeness (QED) is 0.898. The van der Waals surface area contributed by atoms with Gasteiger partial charge in [-0.2, -0.15) is 0 Å². The van der Waals surface area contributed by atoms with Crippen molar-refractivity contribution in [1.29, 1.82) is 0 Å². The number of thiophene rings is 1. The molecule has 2 aromatic heterocycles. The van der Waals surface area contributed by atoms with Crippen LogP contribution in [0.25, 0.3) is 0 Å². The summed E-state index contributed by atoms with van der Waals surface area (Å²) in [5.74, 6) is 0.758. The minimum Gasteiger partial charge on any atom is -0.361 e. The molecular formula is C12H13Cl2N3S. The van der Waals surface area contributed by atoms with E-state index in [-0.39, 0.29) is 6.04 Å². The van der Waals surface area contributed by atoms with Crippen molar-refractivity contribution < 1.29 is 0 Å². The third-order valence-electron chi connectivity index (χ3n) is 2.84. The highest BCUT2D eigenvalue weighted by molar-refractivity contribution is 7.16. The molecule has 2 heterocycles. The standard InChI is InChI=1S/C12H13Cl2N3S/c1-6-7(2)12(17-16-11(6)14)15-8(3)9-4-5-10(13)18-9/h4-5,8H,1-3H3,(H,15,17). The summed E-state index contributed by atoms with van der Waals surface area (Å²) in [5, 5.41) is 11.8. The maximum atomic E-state index is 5.93. The maximum Gasteiger partial charge on any atom is 0.155 e. The van der Waals surface area contributed by atoms with E-state index in [9.17, 15) is 0 Å². The largest absolute Gasteiger partial charge is 0.361 e. The number of nitrogens with one attached hydrogen (secondary N) is 1. The summed E-state index contributed by atoms with van der Waals surface area (Å²) in [5.41, 5.74) is 1.97. The molecule has 0 aromatic carbocycles. The van der Waals surface area contributed by atoms with E-state index in [1.165, 1.54) is 0 Å². The number of hydrogen-bond donors (Lipinski definition) is 1. The topological polar surface area (TPSA) is 37.8 Å². The van der Waals surface area contributed by atoms with Crippen LogP contribution in [0.5, 0.6) is 0 Å².